The summed E-state index contributed by atoms with van der Waals surface area (Å²) in [7, 11) is 1.77. The Hall–Kier alpha value is -2.74. The Morgan fingerprint density at radius 1 is 1.24 bits per heavy atom. The average Bonchev–Trinajstić information content (AvgIpc) is 2.79. The molecule has 8 nitrogen and oxygen atoms in total. The third-order valence-corrected chi connectivity index (χ3v) is 6.56. The molecule has 3 rings (SSSR count). The highest BCUT2D eigenvalue weighted by Crippen LogP contribution is 2.31. The van der Waals surface area contributed by atoms with Crippen LogP contribution < -0.4 is 26.7 Å². The van der Waals surface area contributed by atoms with Gasteiger partial charge in [0.25, 0.3) is 0 Å². The first-order valence-electron chi connectivity index (χ1n) is 12.0. The lowest BCUT2D eigenvalue weighted by Gasteiger charge is -2.27. The molecule has 1 aliphatic rings. The third kappa shape index (κ3) is 6.65. The minimum absolute atomic E-state index is 0.00653. The number of hydrogen-bond acceptors (Lipinski definition) is 6. The third-order valence-electron chi connectivity index (χ3n) is 6.27. The van der Waals surface area contributed by atoms with Crippen LogP contribution in [-0.4, -0.2) is 27.3 Å². The molecule has 2 aromatic rings. The number of benzene rings is 1. The molecule has 186 valence electrons. The number of allylic oxidation sites excluding steroid dienone is 1. The second-order valence-corrected chi connectivity index (χ2v) is 9.84. The predicted octanol–water partition coefficient (Wildman–Crippen LogP) is 4.54. The number of nitrogens with zero attached hydrogens (tertiary/aromatic N) is 3. The molecule has 0 spiro atoms. The standard InChI is InChI=1S/C25H36ClN5O3/c1-16(2)34-22-11-10-20(14-21(22)26)28-23-29-24(32)30(13-12-18(4)27-5)25(33)31(23)15-19-8-6-17(3)7-9-19/h10-11,14,16-17,19,27H,4,6-9,12-13,15H2,1-3,5H3,(H,28,29,32). The second-order valence-electron chi connectivity index (χ2n) is 9.43. The Morgan fingerprint density at radius 2 is 1.94 bits per heavy atom. The summed E-state index contributed by atoms with van der Waals surface area (Å²) in [4.78, 5) is 30.5. The number of hydrogen-bond donors (Lipinski definition) is 2. The second kappa shape index (κ2) is 11.6. The van der Waals surface area contributed by atoms with Gasteiger partial charge in [0.15, 0.2) is 0 Å². The van der Waals surface area contributed by atoms with E-state index in [1.165, 1.54) is 4.57 Å². The van der Waals surface area contributed by atoms with Crippen molar-refractivity contribution in [1.82, 2.24) is 19.4 Å². The lowest BCUT2D eigenvalue weighted by atomic mass is 9.83. The Bertz CT molecular complexity index is 1120. The smallest absolute Gasteiger partial charge is 0.354 e. The molecular formula is C25H36ClN5O3. The molecule has 1 aliphatic carbocycles. The van der Waals surface area contributed by atoms with E-state index >= 15 is 0 Å². The van der Waals surface area contributed by atoms with Crippen LogP contribution in [0.5, 0.6) is 5.75 Å². The molecule has 0 atom stereocenters. The van der Waals surface area contributed by atoms with Crippen LogP contribution in [0.3, 0.4) is 0 Å². The fourth-order valence-electron chi connectivity index (χ4n) is 4.18. The molecule has 0 amide bonds. The molecule has 1 aromatic carbocycles. The monoisotopic (exact) mass is 489 g/mol. The number of anilines is 2. The van der Waals surface area contributed by atoms with Gasteiger partial charge < -0.3 is 15.4 Å². The highest BCUT2D eigenvalue weighted by atomic mass is 35.5. The van der Waals surface area contributed by atoms with Gasteiger partial charge in [-0.25, -0.2) is 14.2 Å². The fraction of sp³-hybridized carbons (Fsp3) is 0.560. The van der Waals surface area contributed by atoms with Crippen molar-refractivity contribution in [3.05, 3.63) is 56.5 Å². The predicted molar refractivity (Wildman–Crippen MR) is 137 cm³/mol. The van der Waals surface area contributed by atoms with Crippen LogP contribution in [0.2, 0.25) is 5.02 Å². The van der Waals surface area contributed by atoms with Crippen molar-refractivity contribution in [2.45, 2.75) is 72.1 Å². The average molecular weight is 490 g/mol. The summed E-state index contributed by atoms with van der Waals surface area (Å²) < 4.78 is 8.48. The van der Waals surface area contributed by atoms with E-state index < -0.39 is 5.69 Å². The summed E-state index contributed by atoms with van der Waals surface area (Å²) in [6.07, 6.45) is 4.85. The molecule has 0 unspecified atom stereocenters. The summed E-state index contributed by atoms with van der Waals surface area (Å²) in [6.45, 7) is 10.7. The summed E-state index contributed by atoms with van der Waals surface area (Å²) in [5.74, 6) is 1.87. The largest absolute Gasteiger partial charge is 0.489 e. The van der Waals surface area contributed by atoms with Crippen LogP contribution in [0.4, 0.5) is 11.6 Å². The van der Waals surface area contributed by atoms with Gasteiger partial charge in [0, 0.05) is 37.9 Å². The minimum Gasteiger partial charge on any atom is -0.489 e. The Morgan fingerprint density at radius 3 is 2.56 bits per heavy atom. The maximum atomic E-state index is 13.4. The first-order valence-corrected chi connectivity index (χ1v) is 12.4. The van der Waals surface area contributed by atoms with E-state index in [4.69, 9.17) is 16.3 Å². The molecule has 0 radical (unpaired) electrons. The lowest BCUT2D eigenvalue weighted by Crippen LogP contribution is -2.43. The molecule has 1 saturated carbocycles. The van der Waals surface area contributed by atoms with Gasteiger partial charge >= 0.3 is 11.4 Å². The van der Waals surface area contributed by atoms with Crippen molar-refractivity contribution < 1.29 is 4.74 Å². The van der Waals surface area contributed by atoms with E-state index in [1.54, 1.807) is 29.8 Å². The van der Waals surface area contributed by atoms with Crippen molar-refractivity contribution in [3.63, 3.8) is 0 Å². The molecule has 34 heavy (non-hydrogen) atoms. The zero-order valence-corrected chi connectivity index (χ0v) is 21.3. The Labute approximate surface area is 206 Å². The highest BCUT2D eigenvalue weighted by molar-refractivity contribution is 6.32. The fourth-order valence-corrected chi connectivity index (χ4v) is 4.40. The van der Waals surface area contributed by atoms with Crippen molar-refractivity contribution in [2.75, 3.05) is 12.4 Å². The quantitative estimate of drug-likeness (QED) is 0.509. The summed E-state index contributed by atoms with van der Waals surface area (Å²) in [5, 5.41) is 6.53. The molecular weight excluding hydrogens is 454 g/mol. The number of ether oxygens (including phenoxy) is 1. The molecule has 1 heterocycles. The van der Waals surface area contributed by atoms with Gasteiger partial charge in [0.2, 0.25) is 5.95 Å². The Balaban J connectivity index is 1.94. The number of nitrogens with one attached hydrogen (secondary N) is 2. The van der Waals surface area contributed by atoms with Crippen LogP contribution in [-0.2, 0) is 13.1 Å². The van der Waals surface area contributed by atoms with Crippen LogP contribution in [0.15, 0.2) is 40.1 Å². The van der Waals surface area contributed by atoms with Crippen molar-refractivity contribution in [1.29, 1.82) is 0 Å². The zero-order chi connectivity index (χ0) is 24.8. The van der Waals surface area contributed by atoms with E-state index in [9.17, 15) is 9.59 Å². The van der Waals surface area contributed by atoms with E-state index in [2.05, 4.69) is 29.1 Å². The van der Waals surface area contributed by atoms with E-state index in [-0.39, 0.29) is 24.3 Å². The Kier molecular flexibility index (Phi) is 8.83. The molecule has 9 heteroatoms. The van der Waals surface area contributed by atoms with Crippen molar-refractivity contribution in [3.8, 4) is 5.75 Å². The van der Waals surface area contributed by atoms with E-state index in [0.717, 1.165) is 31.4 Å². The van der Waals surface area contributed by atoms with Gasteiger partial charge in [-0.1, -0.05) is 37.9 Å². The SMILES string of the molecule is C=C(CCn1c(=O)nc(Nc2ccc(OC(C)C)c(Cl)c2)n(CC2CCC(C)CC2)c1=O)NC. The normalized spacial score (nSPS) is 18.1. The molecule has 0 bridgehead atoms. The van der Waals surface area contributed by atoms with Crippen LogP contribution in [0, 0.1) is 11.8 Å². The summed E-state index contributed by atoms with van der Waals surface area (Å²) in [6, 6.07) is 5.27. The molecule has 1 fully saturated rings. The molecule has 0 aliphatic heterocycles. The molecule has 2 N–H and O–H groups in total. The van der Waals surface area contributed by atoms with Gasteiger partial charge in [-0.15, -0.1) is 0 Å². The number of halogens is 1. The topological polar surface area (TPSA) is 90.2 Å². The zero-order valence-electron chi connectivity index (χ0n) is 20.6. The molecule has 0 saturated heterocycles. The highest BCUT2D eigenvalue weighted by Gasteiger charge is 2.22. The summed E-state index contributed by atoms with van der Waals surface area (Å²) >= 11 is 6.39. The van der Waals surface area contributed by atoms with Gasteiger partial charge in [-0.05, 0) is 56.7 Å². The van der Waals surface area contributed by atoms with Crippen LogP contribution in [0.25, 0.3) is 0 Å². The first kappa shape index (κ1) is 25.9. The lowest BCUT2D eigenvalue weighted by molar-refractivity contribution is 0.242. The number of rotatable bonds is 10. The van der Waals surface area contributed by atoms with Crippen LogP contribution >= 0.6 is 11.6 Å². The van der Waals surface area contributed by atoms with Gasteiger partial charge in [0.05, 0.1) is 11.1 Å². The molecule has 1 aromatic heterocycles. The van der Waals surface area contributed by atoms with Gasteiger partial charge in [-0.3, -0.25) is 4.57 Å². The number of aromatic nitrogens is 3. The van der Waals surface area contributed by atoms with E-state index in [0.29, 0.717) is 41.3 Å². The minimum atomic E-state index is -0.587. The van der Waals surface area contributed by atoms with Gasteiger partial charge in [-0.2, -0.15) is 4.98 Å². The maximum absolute atomic E-state index is 13.4. The summed E-state index contributed by atoms with van der Waals surface area (Å²) in [5.41, 5.74) is 0.422. The first-order chi connectivity index (χ1) is 16.2. The van der Waals surface area contributed by atoms with Gasteiger partial charge in [0.1, 0.15) is 5.75 Å². The van der Waals surface area contributed by atoms with Crippen LogP contribution in [0.1, 0.15) is 52.9 Å². The maximum Gasteiger partial charge on any atom is 0.354 e. The van der Waals surface area contributed by atoms with Crippen molar-refractivity contribution in [2.24, 2.45) is 11.8 Å². The van der Waals surface area contributed by atoms with Crippen molar-refractivity contribution >= 4 is 23.2 Å². The van der Waals surface area contributed by atoms with E-state index in [1.807, 2.05) is 13.8 Å².